The molecule has 28 heavy (non-hydrogen) atoms. The summed E-state index contributed by atoms with van der Waals surface area (Å²) in [5.41, 5.74) is -1.16. The third-order valence-corrected chi connectivity index (χ3v) is 7.32. The lowest BCUT2D eigenvalue weighted by atomic mass is 9.81. The van der Waals surface area contributed by atoms with Gasteiger partial charge in [-0.2, -0.15) is 0 Å². The second kappa shape index (κ2) is 8.43. The molecule has 1 aromatic heterocycles. The average Bonchev–Trinajstić information content (AvgIpc) is 3.39. The van der Waals surface area contributed by atoms with E-state index in [1.54, 1.807) is 6.07 Å². The highest BCUT2D eigenvalue weighted by molar-refractivity contribution is 7.12. The number of aldehydes is 1. The molecule has 1 N–H and O–H groups in total. The van der Waals surface area contributed by atoms with E-state index in [9.17, 15) is 14.4 Å². The maximum Gasteiger partial charge on any atom is 0.263 e. The lowest BCUT2D eigenvalue weighted by Gasteiger charge is -2.48. The molecule has 1 amide bonds. The number of Topliss-reactive ketones (excluding diaryl/α,β-unsaturated/α-hetero) is 1. The van der Waals surface area contributed by atoms with Crippen LogP contribution in [0.3, 0.4) is 0 Å². The summed E-state index contributed by atoms with van der Waals surface area (Å²) < 4.78 is 5.69. The van der Waals surface area contributed by atoms with Gasteiger partial charge in [-0.1, -0.05) is 38.2 Å². The van der Waals surface area contributed by atoms with E-state index in [1.807, 2.05) is 16.3 Å². The van der Waals surface area contributed by atoms with Crippen LogP contribution >= 0.6 is 11.3 Å². The van der Waals surface area contributed by atoms with Gasteiger partial charge in [0.15, 0.2) is 17.7 Å². The van der Waals surface area contributed by atoms with E-state index in [0.717, 1.165) is 44.8 Å². The Kier molecular flexibility index (Phi) is 5.94. The minimum Gasteiger partial charge on any atom is -0.368 e. The quantitative estimate of drug-likeness (QED) is 0.738. The number of ether oxygens (including phenoxy) is 1. The molecule has 3 heterocycles. The first-order valence-corrected chi connectivity index (χ1v) is 11.2. The van der Waals surface area contributed by atoms with Crippen molar-refractivity contribution in [2.75, 3.05) is 13.2 Å². The van der Waals surface area contributed by atoms with Crippen LogP contribution in [0.2, 0.25) is 0 Å². The van der Waals surface area contributed by atoms with E-state index in [4.69, 9.17) is 4.74 Å². The van der Waals surface area contributed by atoms with Crippen LogP contribution in [0.4, 0.5) is 0 Å². The molecule has 3 unspecified atom stereocenters. The Labute approximate surface area is 169 Å². The van der Waals surface area contributed by atoms with E-state index >= 15 is 0 Å². The van der Waals surface area contributed by atoms with E-state index in [-0.39, 0.29) is 24.4 Å². The number of likely N-dealkylation sites (tertiary alicyclic amines) is 1. The van der Waals surface area contributed by atoms with Gasteiger partial charge in [0.1, 0.15) is 6.61 Å². The SMILES string of the molecule is O=CC(CC1CCCCC1)(NC(=O)c1cccs1)N1CCCC2OCC(=O)C21. The fourth-order valence-corrected chi connectivity index (χ4v) is 5.74. The van der Waals surface area contributed by atoms with Gasteiger partial charge in [-0.25, -0.2) is 0 Å². The number of piperidine rings is 1. The Morgan fingerprint density at radius 3 is 2.82 bits per heavy atom. The summed E-state index contributed by atoms with van der Waals surface area (Å²) in [5, 5.41) is 4.91. The van der Waals surface area contributed by atoms with Crippen molar-refractivity contribution >= 4 is 29.3 Å². The molecule has 0 spiro atoms. The largest absolute Gasteiger partial charge is 0.368 e. The number of nitrogens with one attached hydrogen (secondary N) is 1. The number of amides is 1. The van der Waals surface area contributed by atoms with Crippen molar-refractivity contribution < 1.29 is 19.1 Å². The second-order valence-corrected chi connectivity index (χ2v) is 9.23. The lowest BCUT2D eigenvalue weighted by molar-refractivity contribution is -0.134. The standard InChI is InChI=1S/C21H28N2O4S/c24-14-21(12-15-6-2-1-3-7-15,22-20(26)18-9-5-11-28-18)23-10-4-8-17-19(23)16(25)13-27-17/h5,9,11,14-15,17,19H,1-4,6-8,10,12-13H2,(H,22,26). The number of carbonyl (C=O) groups is 3. The fourth-order valence-electron chi connectivity index (χ4n) is 5.12. The molecule has 7 heteroatoms. The zero-order chi connectivity index (χ0) is 19.6. The first-order chi connectivity index (χ1) is 13.6. The van der Waals surface area contributed by atoms with E-state index in [0.29, 0.717) is 23.8 Å². The normalized spacial score (nSPS) is 28.5. The molecule has 4 rings (SSSR count). The van der Waals surface area contributed by atoms with Crippen LogP contribution in [-0.4, -0.2) is 53.8 Å². The van der Waals surface area contributed by atoms with Crippen molar-refractivity contribution in [2.24, 2.45) is 5.92 Å². The zero-order valence-electron chi connectivity index (χ0n) is 16.1. The number of hydrogen-bond acceptors (Lipinski definition) is 6. The smallest absolute Gasteiger partial charge is 0.263 e. The first-order valence-electron chi connectivity index (χ1n) is 10.4. The highest BCUT2D eigenvalue weighted by atomic mass is 32.1. The molecule has 3 aliphatic rings. The van der Waals surface area contributed by atoms with Gasteiger partial charge in [-0.3, -0.25) is 19.3 Å². The van der Waals surface area contributed by atoms with Crippen LogP contribution in [0.25, 0.3) is 0 Å². The number of rotatable bonds is 6. The third-order valence-electron chi connectivity index (χ3n) is 6.45. The molecule has 6 nitrogen and oxygen atoms in total. The second-order valence-electron chi connectivity index (χ2n) is 8.28. The van der Waals surface area contributed by atoms with Gasteiger partial charge in [0, 0.05) is 6.54 Å². The fraction of sp³-hybridized carbons (Fsp3) is 0.667. The molecule has 1 aromatic rings. The van der Waals surface area contributed by atoms with Gasteiger partial charge in [0.25, 0.3) is 5.91 Å². The van der Waals surface area contributed by atoms with Gasteiger partial charge in [0.05, 0.1) is 17.0 Å². The minimum absolute atomic E-state index is 0.0185. The predicted octanol–water partition coefficient (Wildman–Crippen LogP) is 2.78. The molecular formula is C21H28N2O4S. The highest BCUT2D eigenvalue weighted by Crippen LogP contribution is 2.37. The summed E-state index contributed by atoms with van der Waals surface area (Å²) in [6.07, 6.45) is 8.61. The van der Waals surface area contributed by atoms with Crippen LogP contribution in [0.1, 0.15) is 61.0 Å². The molecule has 0 radical (unpaired) electrons. The van der Waals surface area contributed by atoms with Crippen molar-refractivity contribution in [3.63, 3.8) is 0 Å². The van der Waals surface area contributed by atoms with E-state index in [2.05, 4.69) is 5.32 Å². The minimum atomic E-state index is -1.16. The summed E-state index contributed by atoms with van der Waals surface area (Å²) in [6.45, 7) is 0.718. The van der Waals surface area contributed by atoms with Gasteiger partial charge in [-0.05, 0) is 36.6 Å². The molecule has 1 saturated carbocycles. The molecule has 0 bridgehead atoms. The number of ketones is 1. The van der Waals surface area contributed by atoms with Crippen LogP contribution < -0.4 is 5.32 Å². The number of carbonyl (C=O) groups excluding carboxylic acids is 3. The molecular weight excluding hydrogens is 376 g/mol. The molecule has 0 aromatic carbocycles. The molecule has 3 atom stereocenters. The van der Waals surface area contributed by atoms with Crippen LogP contribution in [0.15, 0.2) is 17.5 Å². The van der Waals surface area contributed by atoms with Crippen LogP contribution in [0.5, 0.6) is 0 Å². The lowest BCUT2D eigenvalue weighted by Crippen LogP contribution is -2.69. The van der Waals surface area contributed by atoms with Gasteiger partial charge < -0.3 is 10.1 Å². The average molecular weight is 405 g/mol. The van der Waals surface area contributed by atoms with E-state index < -0.39 is 11.7 Å². The van der Waals surface area contributed by atoms with Gasteiger partial charge in [-0.15, -0.1) is 11.3 Å². The molecule has 3 fully saturated rings. The van der Waals surface area contributed by atoms with Crippen molar-refractivity contribution in [2.45, 2.75) is 69.2 Å². The topological polar surface area (TPSA) is 75.7 Å². The van der Waals surface area contributed by atoms with Crippen molar-refractivity contribution in [1.29, 1.82) is 0 Å². The van der Waals surface area contributed by atoms with Crippen molar-refractivity contribution in [3.05, 3.63) is 22.4 Å². The maximum absolute atomic E-state index is 12.9. The summed E-state index contributed by atoms with van der Waals surface area (Å²) in [7, 11) is 0. The molecule has 1 aliphatic carbocycles. The Morgan fingerprint density at radius 2 is 2.11 bits per heavy atom. The molecule has 152 valence electrons. The Balaban J connectivity index is 1.65. The molecule has 2 aliphatic heterocycles. The summed E-state index contributed by atoms with van der Waals surface area (Å²) in [6, 6.07) is 3.15. The van der Waals surface area contributed by atoms with E-state index in [1.165, 1.54) is 17.8 Å². The van der Waals surface area contributed by atoms with Gasteiger partial charge >= 0.3 is 0 Å². The predicted molar refractivity (Wildman–Crippen MR) is 106 cm³/mol. The summed E-state index contributed by atoms with van der Waals surface area (Å²) in [4.78, 5) is 40.7. The maximum atomic E-state index is 12.9. The van der Waals surface area contributed by atoms with Crippen LogP contribution in [-0.2, 0) is 14.3 Å². The molecule has 2 saturated heterocycles. The van der Waals surface area contributed by atoms with Gasteiger partial charge in [0.2, 0.25) is 0 Å². The van der Waals surface area contributed by atoms with Crippen molar-refractivity contribution in [1.82, 2.24) is 10.2 Å². The highest BCUT2D eigenvalue weighted by Gasteiger charge is 2.52. The zero-order valence-corrected chi connectivity index (χ0v) is 16.9. The number of nitrogens with zero attached hydrogens (tertiary/aromatic N) is 1. The first kappa shape index (κ1) is 19.7. The third kappa shape index (κ3) is 3.80. The Morgan fingerprint density at radius 1 is 1.29 bits per heavy atom. The Hall–Kier alpha value is -1.57. The summed E-state index contributed by atoms with van der Waals surface area (Å²) in [5.74, 6) is 0.150. The van der Waals surface area contributed by atoms with Crippen LogP contribution in [0, 0.1) is 5.92 Å². The number of thiophene rings is 1. The monoisotopic (exact) mass is 404 g/mol. The Bertz CT molecular complexity index is 716. The van der Waals surface area contributed by atoms with Crippen molar-refractivity contribution in [3.8, 4) is 0 Å². The number of hydrogen-bond donors (Lipinski definition) is 1. The number of fused-ring (bicyclic) bond motifs is 1. The summed E-state index contributed by atoms with van der Waals surface area (Å²) >= 11 is 1.36.